The van der Waals surface area contributed by atoms with Crippen molar-refractivity contribution in [2.24, 2.45) is 0 Å². The fraction of sp³-hybridized carbons (Fsp3) is 0.500. The molecular formula is C14H21NO3. The highest BCUT2D eigenvalue weighted by molar-refractivity contribution is 5.76. The van der Waals surface area contributed by atoms with E-state index in [0.29, 0.717) is 13.0 Å². The Morgan fingerprint density at radius 2 is 2.17 bits per heavy atom. The standard InChI is InChI=1S/C14H21NO3/c1-10-4-5-11(2)13(8-10)18-7-6-14(17)15-9-12(3)16/h4-5,8,12,16H,6-7,9H2,1-3H3,(H,15,17)/t12-/m1/s1. The fourth-order valence-corrected chi connectivity index (χ4v) is 1.47. The van der Waals surface area contributed by atoms with Crippen LogP contribution in [0.25, 0.3) is 0 Å². The van der Waals surface area contributed by atoms with Gasteiger partial charge in [0.1, 0.15) is 5.75 Å². The maximum atomic E-state index is 11.4. The number of amides is 1. The van der Waals surface area contributed by atoms with Crippen LogP contribution in [0.3, 0.4) is 0 Å². The normalized spacial score (nSPS) is 12.0. The van der Waals surface area contributed by atoms with Crippen LogP contribution in [0.2, 0.25) is 0 Å². The summed E-state index contributed by atoms with van der Waals surface area (Å²) < 4.78 is 5.57. The highest BCUT2D eigenvalue weighted by Crippen LogP contribution is 2.19. The predicted molar refractivity (Wildman–Crippen MR) is 70.7 cm³/mol. The van der Waals surface area contributed by atoms with Gasteiger partial charge in [-0.2, -0.15) is 0 Å². The number of aryl methyl sites for hydroxylation is 2. The van der Waals surface area contributed by atoms with Crippen molar-refractivity contribution in [2.75, 3.05) is 13.2 Å². The van der Waals surface area contributed by atoms with E-state index >= 15 is 0 Å². The van der Waals surface area contributed by atoms with Crippen molar-refractivity contribution in [2.45, 2.75) is 33.3 Å². The molecule has 0 aliphatic carbocycles. The number of ether oxygens (including phenoxy) is 1. The molecule has 0 bridgehead atoms. The second-order valence-corrected chi connectivity index (χ2v) is 4.52. The van der Waals surface area contributed by atoms with Gasteiger partial charge in [-0.15, -0.1) is 0 Å². The highest BCUT2D eigenvalue weighted by atomic mass is 16.5. The molecular weight excluding hydrogens is 230 g/mol. The van der Waals surface area contributed by atoms with Gasteiger partial charge in [0.15, 0.2) is 0 Å². The first-order valence-electron chi connectivity index (χ1n) is 6.14. The van der Waals surface area contributed by atoms with Crippen molar-refractivity contribution < 1.29 is 14.6 Å². The van der Waals surface area contributed by atoms with E-state index in [4.69, 9.17) is 9.84 Å². The lowest BCUT2D eigenvalue weighted by Crippen LogP contribution is -2.31. The number of hydrogen-bond acceptors (Lipinski definition) is 3. The van der Waals surface area contributed by atoms with Gasteiger partial charge in [-0.1, -0.05) is 12.1 Å². The Balaban J connectivity index is 2.33. The summed E-state index contributed by atoms with van der Waals surface area (Å²) in [6.45, 7) is 6.23. The van der Waals surface area contributed by atoms with Gasteiger partial charge < -0.3 is 15.2 Å². The number of hydrogen-bond donors (Lipinski definition) is 2. The third kappa shape index (κ3) is 5.19. The third-order valence-electron chi connectivity index (χ3n) is 2.52. The van der Waals surface area contributed by atoms with E-state index in [9.17, 15) is 4.79 Å². The van der Waals surface area contributed by atoms with E-state index in [1.165, 1.54) is 0 Å². The minimum Gasteiger partial charge on any atom is -0.493 e. The molecule has 1 aromatic carbocycles. The van der Waals surface area contributed by atoms with Crippen LogP contribution in [0, 0.1) is 13.8 Å². The third-order valence-corrected chi connectivity index (χ3v) is 2.52. The molecule has 0 unspecified atom stereocenters. The van der Waals surface area contributed by atoms with Gasteiger partial charge >= 0.3 is 0 Å². The maximum absolute atomic E-state index is 11.4. The molecule has 0 aliphatic rings. The zero-order chi connectivity index (χ0) is 13.5. The molecule has 1 rings (SSSR count). The average molecular weight is 251 g/mol. The summed E-state index contributed by atoms with van der Waals surface area (Å²) in [5.74, 6) is 0.708. The van der Waals surface area contributed by atoms with Crippen molar-refractivity contribution in [3.8, 4) is 5.75 Å². The molecule has 0 heterocycles. The number of carbonyl (C=O) groups is 1. The topological polar surface area (TPSA) is 58.6 Å². The van der Waals surface area contributed by atoms with E-state index in [2.05, 4.69) is 5.32 Å². The Kier molecular flexibility index (Phi) is 5.65. The summed E-state index contributed by atoms with van der Waals surface area (Å²) >= 11 is 0. The molecule has 100 valence electrons. The van der Waals surface area contributed by atoms with Gasteiger partial charge in [0.25, 0.3) is 0 Å². The lowest BCUT2D eigenvalue weighted by Gasteiger charge is -2.10. The molecule has 1 atom stereocenters. The predicted octanol–water partition coefficient (Wildman–Crippen LogP) is 1.57. The van der Waals surface area contributed by atoms with Gasteiger partial charge in [-0.3, -0.25) is 4.79 Å². The molecule has 1 amide bonds. The summed E-state index contributed by atoms with van der Waals surface area (Å²) in [5.41, 5.74) is 2.19. The first-order valence-corrected chi connectivity index (χ1v) is 6.14. The van der Waals surface area contributed by atoms with Crippen LogP contribution < -0.4 is 10.1 Å². The van der Waals surface area contributed by atoms with E-state index in [0.717, 1.165) is 16.9 Å². The van der Waals surface area contributed by atoms with Crippen LogP contribution >= 0.6 is 0 Å². The molecule has 0 saturated heterocycles. The number of carbonyl (C=O) groups excluding carboxylic acids is 1. The summed E-state index contributed by atoms with van der Waals surface area (Å²) in [7, 11) is 0. The molecule has 18 heavy (non-hydrogen) atoms. The smallest absolute Gasteiger partial charge is 0.223 e. The Labute approximate surface area is 108 Å². The van der Waals surface area contributed by atoms with Crippen LogP contribution in [0.1, 0.15) is 24.5 Å². The Hall–Kier alpha value is -1.55. The molecule has 1 aromatic rings. The quantitative estimate of drug-likeness (QED) is 0.807. The van der Waals surface area contributed by atoms with Gasteiger partial charge in [0.05, 0.1) is 19.1 Å². The van der Waals surface area contributed by atoms with Crippen molar-refractivity contribution in [1.82, 2.24) is 5.32 Å². The van der Waals surface area contributed by atoms with Crippen LogP contribution in [-0.4, -0.2) is 30.3 Å². The second kappa shape index (κ2) is 7.01. The number of nitrogens with one attached hydrogen (secondary N) is 1. The lowest BCUT2D eigenvalue weighted by molar-refractivity contribution is -0.122. The average Bonchev–Trinajstić information content (AvgIpc) is 2.31. The van der Waals surface area contributed by atoms with Gasteiger partial charge in [-0.25, -0.2) is 0 Å². The Morgan fingerprint density at radius 1 is 1.44 bits per heavy atom. The lowest BCUT2D eigenvalue weighted by atomic mass is 10.1. The van der Waals surface area contributed by atoms with Crippen molar-refractivity contribution >= 4 is 5.91 Å². The number of aliphatic hydroxyl groups excluding tert-OH is 1. The van der Waals surface area contributed by atoms with Crippen molar-refractivity contribution in [3.05, 3.63) is 29.3 Å². The number of benzene rings is 1. The summed E-state index contributed by atoms with van der Waals surface area (Å²) in [5, 5.41) is 11.7. The molecule has 2 N–H and O–H groups in total. The zero-order valence-corrected chi connectivity index (χ0v) is 11.2. The van der Waals surface area contributed by atoms with E-state index < -0.39 is 6.10 Å². The van der Waals surface area contributed by atoms with Crippen LogP contribution in [0.5, 0.6) is 5.75 Å². The summed E-state index contributed by atoms with van der Waals surface area (Å²) in [6.07, 6.45) is -0.228. The Bertz CT molecular complexity index is 402. The van der Waals surface area contributed by atoms with Crippen LogP contribution in [-0.2, 0) is 4.79 Å². The second-order valence-electron chi connectivity index (χ2n) is 4.52. The van der Waals surface area contributed by atoms with Crippen LogP contribution in [0.4, 0.5) is 0 Å². The van der Waals surface area contributed by atoms with Gasteiger partial charge in [0.2, 0.25) is 5.91 Å². The van der Waals surface area contributed by atoms with Crippen molar-refractivity contribution in [1.29, 1.82) is 0 Å². The molecule has 0 radical (unpaired) electrons. The first-order chi connectivity index (χ1) is 8.49. The highest BCUT2D eigenvalue weighted by Gasteiger charge is 2.04. The summed E-state index contributed by atoms with van der Waals surface area (Å²) in [4.78, 5) is 11.4. The zero-order valence-electron chi connectivity index (χ0n) is 11.2. The maximum Gasteiger partial charge on any atom is 0.223 e. The Morgan fingerprint density at radius 3 is 2.83 bits per heavy atom. The number of rotatable bonds is 6. The fourth-order valence-electron chi connectivity index (χ4n) is 1.47. The molecule has 0 saturated carbocycles. The molecule has 0 fully saturated rings. The van der Waals surface area contributed by atoms with Gasteiger partial charge in [-0.05, 0) is 38.0 Å². The summed E-state index contributed by atoms with van der Waals surface area (Å²) in [6, 6.07) is 5.98. The molecule has 4 heteroatoms. The SMILES string of the molecule is Cc1ccc(C)c(OCCC(=O)NC[C@@H](C)O)c1. The molecule has 0 spiro atoms. The minimum absolute atomic E-state index is 0.110. The van der Waals surface area contributed by atoms with Crippen LogP contribution in [0.15, 0.2) is 18.2 Å². The van der Waals surface area contributed by atoms with E-state index in [1.54, 1.807) is 6.92 Å². The largest absolute Gasteiger partial charge is 0.493 e. The van der Waals surface area contributed by atoms with Crippen molar-refractivity contribution in [3.63, 3.8) is 0 Å². The monoisotopic (exact) mass is 251 g/mol. The van der Waals surface area contributed by atoms with Gasteiger partial charge in [0, 0.05) is 6.54 Å². The molecule has 0 aliphatic heterocycles. The van der Waals surface area contributed by atoms with E-state index in [-0.39, 0.29) is 12.5 Å². The molecule has 0 aromatic heterocycles. The minimum atomic E-state index is -0.520. The molecule has 4 nitrogen and oxygen atoms in total. The first kappa shape index (κ1) is 14.5. The number of aliphatic hydroxyl groups is 1. The van der Waals surface area contributed by atoms with E-state index in [1.807, 2.05) is 32.0 Å².